The first-order chi connectivity index (χ1) is 14.4. The number of rotatable bonds is 11. The van der Waals surface area contributed by atoms with E-state index in [1.807, 2.05) is 12.1 Å². The molecule has 0 heterocycles. The summed E-state index contributed by atoms with van der Waals surface area (Å²) in [5.41, 5.74) is 1.97. The molecular weight excluding hydrogens is 393 g/mol. The highest BCUT2D eigenvalue weighted by Gasteiger charge is 2.30. The molecule has 0 spiro atoms. The molecule has 2 rings (SSSR count). The second kappa shape index (κ2) is 12.0. The maximum atomic E-state index is 12.7. The van der Waals surface area contributed by atoms with Crippen molar-refractivity contribution in [2.45, 2.75) is 51.6 Å². The van der Waals surface area contributed by atoms with Crippen molar-refractivity contribution < 1.29 is 22.7 Å². The molecule has 162 valence electrons. The van der Waals surface area contributed by atoms with Crippen molar-refractivity contribution in [3.05, 3.63) is 65.2 Å². The summed E-state index contributed by atoms with van der Waals surface area (Å²) in [7, 11) is 0. The molecule has 2 aromatic carbocycles. The van der Waals surface area contributed by atoms with Crippen LogP contribution in [0.25, 0.3) is 0 Å². The lowest BCUT2D eigenvalue weighted by Gasteiger charge is -2.07. The van der Waals surface area contributed by atoms with E-state index in [4.69, 9.17) is 4.74 Å². The summed E-state index contributed by atoms with van der Waals surface area (Å²) >= 11 is 0. The summed E-state index contributed by atoms with van der Waals surface area (Å²) in [6.07, 6.45) is 4.13. The van der Waals surface area contributed by atoms with Crippen LogP contribution in [0.15, 0.2) is 53.6 Å². The van der Waals surface area contributed by atoms with Gasteiger partial charge in [-0.1, -0.05) is 45.1 Å². The fourth-order valence-electron chi connectivity index (χ4n) is 2.79. The molecule has 0 radical (unpaired) electrons. The summed E-state index contributed by atoms with van der Waals surface area (Å²) in [4.78, 5) is 12.0. The van der Waals surface area contributed by atoms with Crippen LogP contribution >= 0.6 is 0 Å². The highest BCUT2D eigenvalue weighted by atomic mass is 19.4. The molecule has 30 heavy (non-hydrogen) atoms. The minimum absolute atomic E-state index is 0.111. The number of nitrogens with zero attached hydrogens (tertiary/aromatic N) is 1. The largest absolute Gasteiger partial charge is 0.494 e. The number of halogens is 3. The van der Waals surface area contributed by atoms with Gasteiger partial charge >= 0.3 is 6.18 Å². The molecule has 0 aliphatic rings. The van der Waals surface area contributed by atoms with E-state index in [1.54, 1.807) is 12.1 Å². The van der Waals surface area contributed by atoms with E-state index in [0.717, 1.165) is 36.3 Å². The SMILES string of the molecule is CCCCCCCCOc1ccc(C=NNC(=O)c2cccc(C(F)(F)F)c2)cc1. The fourth-order valence-corrected chi connectivity index (χ4v) is 2.79. The first kappa shape index (κ1) is 23.4. The maximum absolute atomic E-state index is 12.7. The molecule has 1 N–H and O–H groups in total. The number of hydrogen-bond acceptors (Lipinski definition) is 3. The Morgan fingerprint density at radius 2 is 1.73 bits per heavy atom. The molecular formula is C23H27F3N2O2. The molecule has 7 heteroatoms. The van der Waals surface area contributed by atoms with E-state index in [2.05, 4.69) is 17.5 Å². The van der Waals surface area contributed by atoms with Crippen LogP contribution in [0, 0.1) is 0 Å². The third kappa shape index (κ3) is 8.27. The van der Waals surface area contributed by atoms with Crippen molar-refractivity contribution in [1.82, 2.24) is 5.43 Å². The molecule has 0 aliphatic heterocycles. The lowest BCUT2D eigenvalue weighted by Crippen LogP contribution is -2.18. The number of nitrogens with one attached hydrogen (secondary N) is 1. The Morgan fingerprint density at radius 1 is 1.03 bits per heavy atom. The first-order valence-corrected chi connectivity index (χ1v) is 10.1. The average Bonchev–Trinajstić information content (AvgIpc) is 2.73. The zero-order valence-corrected chi connectivity index (χ0v) is 17.0. The molecule has 0 bridgehead atoms. The fraction of sp³-hybridized carbons (Fsp3) is 0.391. The van der Waals surface area contributed by atoms with E-state index in [-0.39, 0.29) is 5.56 Å². The van der Waals surface area contributed by atoms with Crippen LogP contribution in [-0.4, -0.2) is 18.7 Å². The number of benzene rings is 2. The van der Waals surface area contributed by atoms with Gasteiger partial charge in [0.2, 0.25) is 0 Å². The Kier molecular flexibility index (Phi) is 9.38. The van der Waals surface area contributed by atoms with Crippen LogP contribution in [0.1, 0.15) is 66.9 Å². The third-order valence-electron chi connectivity index (χ3n) is 4.48. The topological polar surface area (TPSA) is 50.7 Å². The van der Waals surface area contributed by atoms with Gasteiger partial charge in [0, 0.05) is 5.56 Å². The van der Waals surface area contributed by atoms with Crippen molar-refractivity contribution in [3.63, 3.8) is 0 Å². The summed E-state index contributed by atoms with van der Waals surface area (Å²) in [5.74, 6) is 0.0462. The molecule has 0 saturated heterocycles. The number of carbonyl (C=O) groups is 1. The minimum atomic E-state index is -4.50. The maximum Gasteiger partial charge on any atom is 0.416 e. The number of hydrazone groups is 1. The van der Waals surface area contributed by atoms with Crippen LogP contribution in [0.2, 0.25) is 0 Å². The molecule has 2 aromatic rings. The van der Waals surface area contributed by atoms with Crippen LogP contribution in [0.5, 0.6) is 5.75 Å². The number of carbonyl (C=O) groups excluding carboxylic acids is 1. The predicted octanol–water partition coefficient (Wildman–Crippen LogP) is 6.21. The second-order valence-corrected chi connectivity index (χ2v) is 6.96. The number of amides is 1. The Balaban J connectivity index is 1.77. The predicted molar refractivity (Wildman–Crippen MR) is 112 cm³/mol. The Bertz CT molecular complexity index is 818. The quantitative estimate of drug-likeness (QED) is 0.267. The summed E-state index contributed by atoms with van der Waals surface area (Å²) < 4.78 is 43.9. The molecule has 0 aromatic heterocycles. The summed E-state index contributed by atoms with van der Waals surface area (Å²) in [5, 5.41) is 3.80. The van der Waals surface area contributed by atoms with Crippen LogP contribution in [-0.2, 0) is 6.18 Å². The molecule has 0 unspecified atom stereocenters. The van der Waals surface area contributed by atoms with E-state index in [9.17, 15) is 18.0 Å². The second-order valence-electron chi connectivity index (χ2n) is 6.96. The Hall–Kier alpha value is -2.83. The zero-order chi connectivity index (χ0) is 21.8. The number of hydrogen-bond donors (Lipinski definition) is 1. The minimum Gasteiger partial charge on any atom is -0.494 e. The number of ether oxygens (including phenoxy) is 1. The van der Waals surface area contributed by atoms with Gasteiger partial charge in [0.25, 0.3) is 5.91 Å². The van der Waals surface area contributed by atoms with Crippen LogP contribution in [0.4, 0.5) is 13.2 Å². The van der Waals surface area contributed by atoms with Gasteiger partial charge in [-0.15, -0.1) is 0 Å². The van der Waals surface area contributed by atoms with Gasteiger partial charge in [0.15, 0.2) is 0 Å². The Morgan fingerprint density at radius 3 is 2.43 bits per heavy atom. The van der Waals surface area contributed by atoms with E-state index in [0.29, 0.717) is 6.61 Å². The van der Waals surface area contributed by atoms with Gasteiger partial charge in [-0.25, -0.2) is 5.43 Å². The van der Waals surface area contributed by atoms with E-state index >= 15 is 0 Å². The van der Waals surface area contributed by atoms with E-state index < -0.39 is 17.6 Å². The average molecular weight is 420 g/mol. The number of unbranched alkanes of at least 4 members (excludes halogenated alkanes) is 5. The third-order valence-corrected chi connectivity index (χ3v) is 4.48. The van der Waals surface area contributed by atoms with Crippen LogP contribution in [0.3, 0.4) is 0 Å². The smallest absolute Gasteiger partial charge is 0.416 e. The zero-order valence-electron chi connectivity index (χ0n) is 17.0. The van der Waals surface area contributed by atoms with Crippen molar-refractivity contribution in [2.24, 2.45) is 5.10 Å². The normalized spacial score (nSPS) is 11.6. The van der Waals surface area contributed by atoms with Crippen molar-refractivity contribution in [1.29, 1.82) is 0 Å². The van der Waals surface area contributed by atoms with Crippen molar-refractivity contribution >= 4 is 12.1 Å². The van der Waals surface area contributed by atoms with Gasteiger partial charge in [0.1, 0.15) is 5.75 Å². The highest BCUT2D eigenvalue weighted by molar-refractivity contribution is 5.95. The molecule has 0 saturated carbocycles. The van der Waals surface area contributed by atoms with E-state index in [1.165, 1.54) is 44.0 Å². The van der Waals surface area contributed by atoms with Gasteiger partial charge in [-0.05, 0) is 54.4 Å². The van der Waals surface area contributed by atoms with Gasteiger partial charge in [-0.3, -0.25) is 4.79 Å². The van der Waals surface area contributed by atoms with Crippen LogP contribution < -0.4 is 10.2 Å². The molecule has 4 nitrogen and oxygen atoms in total. The lowest BCUT2D eigenvalue weighted by atomic mass is 10.1. The van der Waals surface area contributed by atoms with Gasteiger partial charge < -0.3 is 4.74 Å². The van der Waals surface area contributed by atoms with Crippen molar-refractivity contribution in [2.75, 3.05) is 6.61 Å². The Labute approximate surface area is 175 Å². The van der Waals surface area contributed by atoms with Crippen molar-refractivity contribution in [3.8, 4) is 5.75 Å². The highest BCUT2D eigenvalue weighted by Crippen LogP contribution is 2.29. The first-order valence-electron chi connectivity index (χ1n) is 10.1. The standard InChI is InChI=1S/C23H27F3N2O2/c1-2-3-4-5-6-7-15-30-21-13-11-18(12-14-21)17-27-28-22(29)19-9-8-10-20(16-19)23(24,25)26/h8-14,16-17H,2-7,15H2,1H3,(H,28,29). The molecule has 0 fully saturated rings. The summed E-state index contributed by atoms with van der Waals surface area (Å²) in [6, 6.07) is 11.4. The molecule has 1 amide bonds. The monoisotopic (exact) mass is 420 g/mol. The molecule has 0 atom stereocenters. The van der Waals surface area contributed by atoms with Gasteiger partial charge in [0.05, 0.1) is 18.4 Å². The summed E-state index contributed by atoms with van der Waals surface area (Å²) in [6.45, 7) is 2.87. The number of alkyl halides is 3. The van der Waals surface area contributed by atoms with Gasteiger partial charge in [-0.2, -0.15) is 18.3 Å². The lowest BCUT2D eigenvalue weighted by molar-refractivity contribution is -0.137. The molecule has 0 aliphatic carbocycles.